The van der Waals surface area contributed by atoms with Crippen LogP contribution in [-0.2, 0) is 4.79 Å². The maximum absolute atomic E-state index is 12.4. The van der Waals surface area contributed by atoms with Gasteiger partial charge >= 0.3 is 0 Å². The second kappa shape index (κ2) is 3.85. The minimum absolute atomic E-state index is 0.454. The van der Waals surface area contributed by atoms with Crippen LogP contribution in [0.5, 0.6) is 0 Å². The van der Waals surface area contributed by atoms with Gasteiger partial charge in [0, 0.05) is 11.8 Å². The molecule has 0 N–H and O–H groups in total. The summed E-state index contributed by atoms with van der Waals surface area (Å²) in [5.41, 5.74) is 0. The molecule has 0 amide bonds. The normalized spacial score (nSPS) is 51.5. The first-order chi connectivity index (χ1) is 7.74. The van der Waals surface area contributed by atoms with E-state index >= 15 is 0 Å². The van der Waals surface area contributed by atoms with Gasteiger partial charge in [-0.15, -0.1) is 0 Å². The second-order valence-electron chi connectivity index (χ2n) is 6.41. The fourth-order valence-electron chi connectivity index (χ4n) is 5.26. The molecule has 0 heterocycles. The molecule has 0 aromatic heterocycles. The van der Waals surface area contributed by atoms with Gasteiger partial charge in [0.1, 0.15) is 5.78 Å². The van der Waals surface area contributed by atoms with Crippen LogP contribution in [0.15, 0.2) is 0 Å². The first-order valence-electron chi connectivity index (χ1n) is 7.27. The van der Waals surface area contributed by atoms with Gasteiger partial charge in [0.05, 0.1) is 0 Å². The van der Waals surface area contributed by atoms with Crippen molar-refractivity contribution in [2.45, 2.75) is 52.4 Å². The summed E-state index contributed by atoms with van der Waals surface area (Å²) >= 11 is 0. The third-order valence-corrected chi connectivity index (χ3v) is 5.87. The minimum Gasteiger partial charge on any atom is -0.299 e. The van der Waals surface area contributed by atoms with Crippen molar-refractivity contribution in [2.24, 2.45) is 35.5 Å². The van der Waals surface area contributed by atoms with E-state index in [1.54, 1.807) is 0 Å². The SMILES string of the molecule is CC[C@@H]1[C@H]2CC[C@@H](C)[C@@H]1[C@H]1CCC[C@@H]2C1=O. The monoisotopic (exact) mass is 220 g/mol. The average Bonchev–Trinajstić information content (AvgIpc) is 2.28. The highest BCUT2D eigenvalue weighted by atomic mass is 16.1. The maximum atomic E-state index is 12.4. The van der Waals surface area contributed by atoms with E-state index in [2.05, 4.69) is 13.8 Å². The Balaban J connectivity index is 1.98. The molecule has 3 aliphatic carbocycles. The molecule has 0 radical (unpaired) electrons. The lowest BCUT2D eigenvalue weighted by molar-refractivity contribution is -0.149. The van der Waals surface area contributed by atoms with Gasteiger partial charge in [-0.3, -0.25) is 4.79 Å². The molecule has 0 spiro atoms. The van der Waals surface area contributed by atoms with Crippen molar-refractivity contribution in [3.63, 3.8) is 0 Å². The Bertz CT molecular complexity index is 296. The average molecular weight is 220 g/mol. The lowest BCUT2D eigenvalue weighted by atomic mass is 9.49. The first-order valence-corrected chi connectivity index (χ1v) is 7.27. The Morgan fingerprint density at radius 1 is 1.12 bits per heavy atom. The summed E-state index contributed by atoms with van der Waals surface area (Å²) < 4.78 is 0. The number of carbonyl (C=O) groups is 1. The quantitative estimate of drug-likeness (QED) is 0.659. The third-order valence-electron chi connectivity index (χ3n) is 5.87. The van der Waals surface area contributed by atoms with Crippen LogP contribution in [0.4, 0.5) is 0 Å². The van der Waals surface area contributed by atoms with E-state index in [0.29, 0.717) is 17.6 Å². The summed E-state index contributed by atoms with van der Waals surface area (Å²) in [5, 5.41) is 0. The highest BCUT2D eigenvalue weighted by Gasteiger charge is 2.53. The van der Waals surface area contributed by atoms with Crippen molar-refractivity contribution < 1.29 is 4.79 Å². The Kier molecular flexibility index (Phi) is 2.60. The first kappa shape index (κ1) is 10.8. The number of hydrogen-bond acceptors (Lipinski definition) is 1. The van der Waals surface area contributed by atoms with Crippen LogP contribution in [0.3, 0.4) is 0 Å². The zero-order chi connectivity index (χ0) is 11.3. The van der Waals surface area contributed by atoms with Gasteiger partial charge in [-0.05, 0) is 42.9 Å². The summed E-state index contributed by atoms with van der Waals surface area (Å²) in [6.45, 7) is 4.74. The Hall–Kier alpha value is -0.330. The fourth-order valence-corrected chi connectivity index (χ4v) is 5.26. The predicted molar refractivity (Wildman–Crippen MR) is 65.0 cm³/mol. The second-order valence-corrected chi connectivity index (χ2v) is 6.41. The highest BCUT2D eigenvalue weighted by molar-refractivity contribution is 5.85. The minimum atomic E-state index is 0.454. The van der Waals surface area contributed by atoms with Gasteiger partial charge in [0.2, 0.25) is 0 Å². The van der Waals surface area contributed by atoms with Crippen LogP contribution in [-0.4, -0.2) is 5.78 Å². The number of Topliss-reactive ketones (excluding diaryl/α,β-unsaturated/α-hetero) is 1. The van der Waals surface area contributed by atoms with Crippen LogP contribution in [0.2, 0.25) is 0 Å². The van der Waals surface area contributed by atoms with E-state index in [1.807, 2.05) is 0 Å². The molecule has 16 heavy (non-hydrogen) atoms. The number of rotatable bonds is 1. The van der Waals surface area contributed by atoms with Crippen LogP contribution >= 0.6 is 0 Å². The number of fused-ring (bicyclic) bond motifs is 6. The molecule has 3 fully saturated rings. The van der Waals surface area contributed by atoms with Gasteiger partial charge in [-0.1, -0.05) is 33.1 Å². The zero-order valence-electron chi connectivity index (χ0n) is 10.6. The topological polar surface area (TPSA) is 17.1 Å². The molecule has 0 aromatic rings. The van der Waals surface area contributed by atoms with Crippen molar-refractivity contribution in [2.75, 3.05) is 0 Å². The molecule has 0 aliphatic heterocycles. The fraction of sp³-hybridized carbons (Fsp3) is 0.933. The third kappa shape index (κ3) is 1.33. The Labute approximate surface area is 99.0 Å². The molecule has 1 nitrogen and oxygen atoms in total. The lowest BCUT2D eigenvalue weighted by Crippen LogP contribution is -2.53. The predicted octanol–water partition coefficient (Wildman–Crippen LogP) is 3.67. The van der Waals surface area contributed by atoms with Crippen molar-refractivity contribution in [1.82, 2.24) is 0 Å². The van der Waals surface area contributed by atoms with E-state index in [0.717, 1.165) is 23.7 Å². The van der Waals surface area contributed by atoms with Gasteiger partial charge in [-0.25, -0.2) is 0 Å². The summed E-state index contributed by atoms with van der Waals surface area (Å²) in [4.78, 5) is 12.4. The largest absolute Gasteiger partial charge is 0.299 e. The van der Waals surface area contributed by atoms with Gasteiger partial charge in [0.15, 0.2) is 0 Å². The lowest BCUT2D eigenvalue weighted by Gasteiger charge is -2.54. The molecule has 3 saturated carbocycles. The molecule has 3 aliphatic rings. The summed E-state index contributed by atoms with van der Waals surface area (Å²) in [6.07, 6.45) is 7.74. The van der Waals surface area contributed by atoms with E-state index in [1.165, 1.54) is 38.5 Å². The van der Waals surface area contributed by atoms with Crippen molar-refractivity contribution in [3.05, 3.63) is 0 Å². The Morgan fingerprint density at radius 2 is 1.88 bits per heavy atom. The van der Waals surface area contributed by atoms with Crippen molar-refractivity contribution in [1.29, 1.82) is 0 Å². The van der Waals surface area contributed by atoms with Crippen molar-refractivity contribution in [3.8, 4) is 0 Å². The standard InChI is InChI=1S/C15H24O/c1-3-10-11-8-7-9(2)14(10)13-6-4-5-12(11)15(13)16/h9-14H,3-8H2,1-2H3/t9-,10-,11-,12+,13-,14+/m1/s1. The molecule has 0 aromatic carbocycles. The molecule has 3 rings (SSSR count). The highest BCUT2D eigenvalue weighted by Crippen LogP contribution is 2.56. The summed E-state index contributed by atoms with van der Waals surface area (Å²) in [6, 6.07) is 0. The molecule has 1 heteroatoms. The number of carbonyl (C=O) groups excluding carboxylic acids is 1. The molecule has 0 unspecified atom stereocenters. The maximum Gasteiger partial charge on any atom is 0.139 e. The van der Waals surface area contributed by atoms with Crippen LogP contribution in [0, 0.1) is 35.5 Å². The Morgan fingerprint density at radius 3 is 2.62 bits per heavy atom. The molecule has 6 atom stereocenters. The molecular formula is C15H24O. The summed E-state index contributed by atoms with van der Waals surface area (Å²) in [7, 11) is 0. The van der Waals surface area contributed by atoms with E-state index < -0.39 is 0 Å². The van der Waals surface area contributed by atoms with Gasteiger partial charge < -0.3 is 0 Å². The van der Waals surface area contributed by atoms with E-state index in [9.17, 15) is 4.79 Å². The van der Waals surface area contributed by atoms with E-state index in [4.69, 9.17) is 0 Å². The molecule has 4 bridgehead atoms. The van der Waals surface area contributed by atoms with Crippen LogP contribution in [0.25, 0.3) is 0 Å². The van der Waals surface area contributed by atoms with Gasteiger partial charge in [0.25, 0.3) is 0 Å². The zero-order valence-corrected chi connectivity index (χ0v) is 10.6. The molecular weight excluding hydrogens is 196 g/mol. The molecule has 0 saturated heterocycles. The summed E-state index contributed by atoms with van der Waals surface area (Å²) in [5.74, 6) is 4.76. The van der Waals surface area contributed by atoms with Crippen LogP contribution in [0.1, 0.15) is 52.4 Å². The smallest absolute Gasteiger partial charge is 0.139 e. The van der Waals surface area contributed by atoms with Crippen LogP contribution < -0.4 is 0 Å². The van der Waals surface area contributed by atoms with Crippen molar-refractivity contribution >= 4 is 5.78 Å². The van der Waals surface area contributed by atoms with Gasteiger partial charge in [-0.2, -0.15) is 0 Å². The number of ketones is 1. The van der Waals surface area contributed by atoms with E-state index in [-0.39, 0.29) is 0 Å². The number of hydrogen-bond donors (Lipinski definition) is 0. The molecule has 90 valence electrons.